The summed E-state index contributed by atoms with van der Waals surface area (Å²) in [6.45, 7) is 4.55. The zero-order valence-electron chi connectivity index (χ0n) is 9.94. The van der Waals surface area contributed by atoms with Crippen molar-refractivity contribution in [2.75, 3.05) is 6.54 Å². The van der Waals surface area contributed by atoms with Crippen molar-refractivity contribution in [3.63, 3.8) is 0 Å². The van der Waals surface area contributed by atoms with Crippen molar-refractivity contribution in [1.82, 2.24) is 4.90 Å². The number of nitrogens with zero attached hydrogens (tertiary/aromatic N) is 2. The first-order valence-electron chi connectivity index (χ1n) is 5.32. The quantitative estimate of drug-likeness (QED) is 0.438. The highest BCUT2D eigenvalue weighted by Gasteiger charge is 2.10. The van der Waals surface area contributed by atoms with Crippen molar-refractivity contribution in [2.24, 2.45) is 16.5 Å². The summed E-state index contributed by atoms with van der Waals surface area (Å²) in [6.07, 6.45) is 1.67. The molecule has 1 aromatic rings. The smallest absolute Gasteiger partial charge is 0.221 e. The molecule has 0 amide bonds. The Morgan fingerprint density at radius 2 is 2.11 bits per heavy atom. The number of rotatable bonds is 4. The van der Waals surface area contributed by atoms with Crippen molar-refractivity contribution in [2.45, 2.75) is 6.54 Å². The molecule has 0 radical (unpaired) electrons. The lowest BCUT2D eigenvalue weighted by atomic mass is 10.2. The SMILES string of the molecule is C=CCN(Cc1ccccc1Cl)C(=N)N=C(N)N. The third-order valence-corrected chi connectivity index (χ3v) is 2.57. The van der Waals surface area contributed by atoms with Crippen LogP contribution in [-0.4, -0.2) is 23.4 Å². The second-order valence-electron chi connectivity index (χ2n) is 3.62. The number of guanidine groups is 2. The van der Waals surface area contributed by atoms with Crippen LogP contribution in [0.25, 0.3) is 0 Å². The van der Waals surface area contributed by atoms with Gasteiger partial charge in [0.2, 0.25) is 5.96 Å². The van der Waals surface area contributed by atoms with Crippen LogP contribution in [0, 0.1) is 5.41 Å². The van der Waals surface area contributed by atoms with Gasteiger partial charge in [0.25, 0.3) is 0 Å². The van der Waals surface area contributed by atoms with Crippen molar-refractivity contribution in [3.05, 3.63) is 47.5 Å². The highest BCUT2D eigenvalue weighted by atomic mass is 35.5. The molecule has 5 nitrogen and oxygen atoms in total. The lowest BCUT2D eigenvalue weighted by Gasteiger charge is -2.21. The van der Waals surface area contributed by atoms with Crippen LogP contribution in [0.1, 0.15) is 5.56 Å². The van der Waals surface area contributed by atoms with Gasteiger partial charge in [0.15, 0.2) is 5.96 Å². The van der Waals surface area contributed by atoms with Crippen LogP contribution < -0.4 is 11.5 Å². The molecule has 96 valence electrons. The molecule has 0 aliphatic carbocycles. The summed E-state index contributed by atoms with van der Waals surface area (Å²) in [6, 6.07) is 7.43. The summed E-state index contributed by atoms with van der Waals surface area (Å²) in [7, 11) is 0. The molecule has 0 unspecified atom stereocenters. The topological polar surface area (TPSA) is 91.5 Å². The molecule has 0 aliphatic heterocycles. The number of hydrogen-bond acceptors (Lipinski definition) is 1. The second-order valence-corrected chi connectivity index (χ2v) is 4.03. The molecule has 18 heavy (non-hydrogen) atoms. The van der Waals surface area contributed by atoms with Crippen LogP contribution in [0.5, 0.6) is 0 Å². The summed E-state index contributed by atoms with van der Waals surface area (Å²) >= 11 is 6.07. The molecule has 6 heteroatoms. The molecule has 0 aromatic heterocycles. The summed E-state index contributed by atoms with van der Waals surface area (Å²) in [5.74, 6) is -0.164. The monoisotopic (exact) mass is 265 g/mol. The van der Waals surface area contributed by atoms with E-state index in [0.29, 0.717) is 18.1 Å². The van der Waals surface area contributed by atoms with Crippen molar-refractivity contribution < 1.29 is 0 Å². The fourth-order valence-electron chi connectivity index (χ4n) is 1.41. The van der Waals surface area contributed by atoms with E-state index in [4.69, 9.17) is 28.5 Å². The van der Waals surface area contributed by atoms with Gasteiger partial charge < -0.3 is 16.4 Å². The Labute approximate surface area is 111 Å². The maximum atomic E-state index is 7.79. The molecule has 0 saturated carbocycles. The van der Waals surface area contributed by atoms with Crippen LogP contribution in [0.2, 0.25) is 5.02 Å². The first-order chi connectivity index (χ1) is 8.54. The number of nitrogens with one attached hydrogen (secondary N) is 1. The highest BCUT2D eigenvalue weighted by Crippen LogP contribution is 2.17. The molecular weight excluding hydrogens is 250 g/mol. The van der Waals surface area contributed by atoms with Gasteiger partial charge in [0, 0.05) is 18.1 Å². The Morgan fingerprint density at radius 3 is 2.67 bits per heavy atom. The van der Waals surface area contributed by atoms with Crippen LogP contribution in [0.4, 0.5) is 0 Å². The molecule has 1 aromatic carbocycles. The van der Waals surface area contributed by atoms with E-state index in [-0.39, 0.29) is 11.9 Å². The van der Waals surface area contributed by atoms with Crippen molar-refractivity contribution in [1.29, 1.82) is 5.41 Å². The molecule has 0 spiro atoms. The van der Waals surface area contributed by atoms with Gasteiger partial charge in [-0.15, -0.1) is 6.58 Å². The number of benzene rings is 1. The fraction of sp³-hybridized carbons (Fsp3) is 0.167. The van der Waals surface area contributed by atoms with Gasteiger partial charge >= 0.3 is 0 Å². The van der Waals surface area contributed by atoms with Gasteiger partial charge in [0.05, 0.1) is 0 Å². The maximum absolute atomic E-state index is 7.79. The Bertz CT molecular complexity index is 465. The van der Waals surface area contributed by atoms with Crippen LogP contribution in [0.3, 0.4) is 0 Å². The van der Waals surface area contributed by atoms with E-state index >= 15 is 0 Å². The summed E-state index contributed by atoms with van der Waals surface area (Å²) in [5, 5.41) is 8.43. The molecule has 1 rings (SSSR count). The molecule has 0 aliphatic rings. The van der Waals surface area contributed by atoms with Gasteiger partial charge in [-0.05, 0) is 11.6 Å². The second kappa shape index (κ2) is 6.66. The number of hydrogen-bond donors (Lipinski definition) is 3. The van der Waals surface area contributed by atoms with Crippen LogP contribution in [0.15, 0.2) is 41.9 Å². The number of aliphatic imine (C=N–C) groups is 1. The van der Waals surface area contributed by atoms with E-state index in [1.54, 1.807) is 17.0 Å². The summed E-state index contributed by atoms with van der Waals surface area (Å²) < 4.78 is 0. The molecule has 0 atom stereocenters. The zero-order valence-corrected chi connectivity index (χ0v) is 10.7. The minimum Gasteiger partial charge on any atom is -0.370 e. The Kier molecular flexibility index (Phi) is 5.20. The first-order valence-corrected chi connectivity index (χ1v) is 5.69. The molecule has 0 saturated heterocycles. The molecular formula is C12H16ClN5. The molecule has 5 N–H and O–H groups in total. The average Bonchev–Trinajstić information content (AvgIpc) is 2.30. The normalized spacial score (nSPS) is 9.61. The van der Waals surface area contributed by atoms with E-state index in [0.717, 1.165) is 5.56 Å². The van der Waals surface area contributed by atoms with Gasteiger partial charge in [-0.1, -0.05) is 35.9 Å². The summed E-state index contributed by atoms with van der Waals surface area (Å²) in [4.78, 5) is 5.37. The van der Waals surface area contributed by atoms with Gasteiger partial charge in [-0.2, -0.15) is 4.99 Å². The summed E-state index contributed by atoms with van der Waals surface area (Å²) in [5.41, 5.74) is 11.4. The molecule has 0 fully saturated rings. The minimum absolute atomic E-state index is 0.0187. The van der Waals surface area contributed by atoms with Crippen molar-refractivity contribution in [3.8, 4) is 0 Å². The van der Waals surface area contributed by atoms with Crippen LogP contribution >= 0.6 is 11.6 Å². The third kappa shape index (κ3) is 4.10. The van der Waals surface area contributed by atoms with E-state index < -0.39 is 0 Å². The predicted molar refractivity (Wildman–Crippen MR) is 75.6 cm³/mol. The third-order valence-electron chi connectivity index (χ3n) is 2.20. The van der Waals surface area contributed by atoms with Crippen molar-refractivity contribution >= 4 is 23.5 Å². The van der Waals surface area contributed by atoms with E-state index in [9.17, 15) is 0 Å². The zero-order chi connectivity index (χ0) is 13.5. The van der Waals surface area contributed by atoms with Gasteiger partial charge in [-0.25, -0.2) is 0 Å². The Balaban J connectivity index is 2.87. The fourth-order valence-corrected chi connectivity index (χ4v) is 1.60. The standard InChI is InChI=1S/C12H16ClN5/c1-2-7-18(12(16)17-11(14)15)8-9-5-3-4-6-10(9)13/h2-6H,1,7-8H2,(H5,14,15,16,17). The van der Waals surface area contributed by atoms with E-state index in [1.807, 2.05) is 18.2 Å². The Hall–Kier alpha value is -2.01. The lowest BCUT2D eigenvalue weighted by molar-refractivity contribution is 0.448. The van der Waals surface area contributed by atoms with Crippen LogP contribution in [-0.2, 0) is 6.54 Å². The molecule has 0 bridgehead atoms. The minimum atomic E-state index is -0.145. The average molecular weight is 266 g/mol. The predicted octanol–water partition coefficient (Wildman–Crippen LogP) is 1.54. The number of halogens is 1. The van der Waals surface area contributed by atoms with Gasteiger partial charge in [-0.3, -0.25) is 5.41 Å². The molecule has 0 heterocycles. The number of nitrogens with two attached hydrogens (primary N) is 2. The Morgan fingerprint density at radius 1 is 1.44 bits per heavy atom. The first kappa shape index (κ1) is 14.1. The van der Waals surface area contributed by atoms with Gasteiger partial charge in [0.1, 0.15) is 0 Å². The maximum Gasteiger partial charge on any atom is 0.221 e. The lowest BCUT2D eigenvalue weighted by Crippen LogP contribution is -2.33. The van der Waals surface area contributed by atoms with E-state index in [1.165, 1.54) is 0 Å². The largest absolute Gasteiger partial charge is 0.370 e. The highest BCUT2D eigenvalue weighted by molar-refractivity contribution is 6.31. The van der Waals surface area contributed by atoms with E-state index in [2.05, 4.69) is 11.6 Å².